The summed E-state index contributed by atoms with van der Waals surface area (Å²) in [5.41, 5.74) is 0.306. The maximum atomic E-state index is 11.7. The highest BCUT2D eigenvalue weighted by molar-refractivity contribution is 5.81. The maximum absolute atomic E-state index is 11.7. The average molecular weight is 278 g/mol. The molecule has 1 rings (SSSR count). The first kappa shape index (κ1) is 16.0. The molecule has 0 bridgehead atoms. The standard InChI is InChI=1S/C15H22N2O3/c1-15(2,3)17-13(19)8-9-16-14(20)10-11-6-4-5-7-12(11)18/h4-7,18H,8-10H2,1-3H3,(H,16,20)(H,17,19). The SMILES string of the molecule is CC(C)(C)NC(=O)CCNC(=O)Cc1ccccc1O. The van der Waals surface area contributed by atoms with Gasteiger partial charge in [0.25, 0.3) is 0 Å². The van der Waals surface area contributed by atoms with Gasteiger partial charge in [-0.2, -0.15) is 0 Å². The van der Waals surface area contributed by atoms with Crippen molar-refractivity contribution in [2.75, 3.05) is 6.54 Å². The lowest BCUT2D eigenvalue weighted by Crippen LogP contribution is -2.42. The summed E-state index contributed by atoms with van der Waals surface area (Å²) in [5, 5.41) is 15.0. The second-order valence-corrected chi connectivity index (χ2v) is 5.70. The van der Waals surface area contributed by atoms with E-state index in [1.807, 2.05) is 20.8 Å². The van der Waals surface area contributed by atoms with Gasteiger partial charge < -0.3 is 15.7 Å². The number of rotatable bonds is 5. The van der Waals surface area contributed by atoms with E-state index in [0.717, 1.165) is 0 Å². The number of phenols is 1. The van der Waals surface area contributed by atoms with Gasteiger partial charge in [-0.15, -0.1) is 0 Å². The van der Waals surface area contributed by atoms with Crippen LogP contribution in [0.25, 0.3) is 0 Å². The lowest BCUT2D eigenvalue weighted by molar-refractivity contribution is -0.123. The largest absolute Gasteiger partial charge is 0.508 e. The van der Waals surface area contributed by atoms with Crippen LogP contribution >= 0.6 is 0 Å². The summed E-state index contributed by atoms with van der Waals surface area (Å²) in [6.07, 6.45) is 0.345. The molecule has 0 aromatic heterocycles. The third-order valence-corrected chi connectivity index (χ3v) is 2.53. The number of nitrogens with one attached hydrogen (secondary N) is 2. The normalized spacial score (nSPS) is 10.9. The second kappa shape index (κ2) is 6.93. The zero-order chi connectivity index (χ0) is 15.2. The molecule has 0 aliphatic carbocycles. The van der Waals surface area contributed by atoms with Crippen LogP contribution < -0.4 is 10.6 Å². The number of amides is 2. The monoisotopic (exact) mass is 278 g/mol. The van der Waals surface area contributed by atoms with E-state index in [0.29, 0.717) is 5.56 Å². The van der Waals surface area contributed by atoms with Crippen molar-refractivity contribution in [2.45, 2.75) is 39.2 Å². The quantitative estimate of drug-likeness (QED) is 0.761. The Balaban J connectivity index is 2.31. The molecule has 0 atom stereocenters. The van der Waals surface area contributed by atoms with Crippen molar-refractivity contribution >= 4 is 11.8 Å². The molecule has 0 fully saturated rings. The van der Waals surface area contributed by atoms with Gasteiger partial charge in [0.15, 0.2) is 0 Å². The summed E-state index contributed by atoms with van der Waals surface area (Å²) >= 11 is 0. The number of hydrogen-bond acceptors (Lipinski definition) is 3. The molecule has 0 unspecified atom stereocenters. The predicted octanol–water partition coefficient (Wildman–Crippen LogP) is 1.36. The molecule has 5 nitrogen and oxygen atoms in total. The summed E-state index contributed by atoms with van der Waals surface area (Å²) in [6, 6.07) is 6.70. The number of aromatic hydroxyl groups is 1. The Hall–Kier alpha value is -2.04. The fourth-order valence-electron chi connectivity index (χ4n) is 1.69. The van der Waals surface area contributed by atoms with E-state index in [2.05, 4.69) is 10.6 Å². The smallest absolute Gasteiger partial charge is 0.224 e. The first-order valence-corrected chi connectivity index (χ1v) is 6.62. The van der Waals surface area contributed by atoms with Gasteiger partial charge in [-0.1, -0.05) is 18.2 Å². The molecule has 0 saturated carbocycles. The fourth-order valence-corrected chi connectivity index (χ4v) is 1.69. The van der Waals surface area contributed by atoms with Crippen LogP contribution in [0.5, 0.6) is 5.75 Å². The summed E-state index contributed by atoms with van der Waals surface area (Å²) in [6.45, 7) is 6.00. The molecule has 2 amide bonds. The zero-order valence-electron chi connectivity index (χ0n) is 12.2. The van der Waals surface area contributed by atoms with Crippen LogP contribution in [0.3, 0.4) is 0 Å². The van der Waals surface area contributed by atoms with Gasteiger partial charge in [0, 0.05) is 24.1 Å². The van der Waals surface area contributed by atoms with Crippen molar-refractivity contribution in [3.05, 3.63) is 29.8 Å². The number of carbonyl (C=O) groups is 2. The Bertz CT molecular complexity index is 478. The molecule has 110 valence electrons. The number of phenolic OH excluding ortho intramolecular Hbond substituents is 1. The van der Waals surface area contributed by atoms with Crippen LogP contribution in [0.1, 0.15) is 32.8 Å². The van der Waals surface area contributed by atoms with Gasteiger partial charge in [-0.25, -0.2) is 0 Å². The van der Waals surface area contributed by atoms with Crippen molar-refractivity contribution in [3.63, 3.8) is 0 Å². The van der Waals surface area contributed by atoms with Crippen LogP contribution in [-0.4, -0.2) is 29.0 Å². The highest BCUT2D eigenvalue weighted by Gasteiger charge is 2.13. The van der Waals surface area contributed by atoms with Gasteiger partial charge in [0.2, 0.25) is 11.8 Å². The van der Waals surface area contributed by atoms with Crippen LogP contribution in [0.4, 0.5) is 0 Å². The maximum Gasteiger partial charge on any atom is 0.224 e. The van der Waals surface area contributed by atoms with E-state index in [1.165, 1.54) is 0 Å². The molecule has 0 aliphatic heterocycles. The van der Waals surface area contributed by atoms with Gasteiger partial charge in [0.05, 0.1) is 6.42 Å². The highest BCUT2D eigenvalue weighted by atomic mass is 16.3. The van der Waals surface area contributed by atoms with Gasteiger partial charge in [-0.05, 0) is 26.8 Å². The molecule has 3 N–H and O–H groups in total. The van der Waals surface area contributed by atoms with Crippen LogP contribution in [0.2, 0.25) is 0 Å². The molecule has 0 aliphatic rings. The minimum absolute atomic E-state index is 0.0969. The number of benzene rings is 1. The van der Waals surface area contributed by atoms with Gasteiger partial charge in [-0.3, -0.25) is 9.59 Å². The zero-order valence-corrected chi connectivity index (χ0v) is 12.2. The third-order valence-electron chi connectivity index (χ3n) is 2.53. The molecule has 0 saturated heterocycles. The van der Waals surface area contributed by atoms with Gasteiger partial charge in [0.1, 0.15) is 5.75 Å². The Labute approximate surface area is 119 Å². The molecule has 5 heteroatoms. The van der Waals surface area contributed by atoms with E-state index in [9.17, 15) is 14.7 Å². The number of carbonyl (C=O) groups excluding carboxylic acids is 2. The predicted molar refractivity (Wildman–Crippen MR) is 77.3 cm³/mol. The van der Waals surface area contributed by atoms with Crippen LogP contribution in [-0.2, 0) is 16.0 Å². The molecule has 0 spiro atoms. The summed E-state index contributed by atoms with van der Waals surface area (Å²) in [4.78, 5) is 23.2. The molecule has 0 radical (unpaired) electrons. The molecular weight excluding hydrogens is 256 g/mol. The molecule has 1 aromatic carbocycles. The number of hydrogen-bond donors (Lipinski definition) is 3. The number of para-hydroxylation sites is 1. The molecular formula is C15H22N2O3. The highest BCUT2D eigenvalue weighted by Crippen LogP contribution is 2.15. The molecule has 0 heterocycles. The van der Waals surface area contributed by atoms with Crippen molar-refractivity contribution in [1.29, 1.82) is 0 Å². The van der Waals surface area contributed by atoms with Crippen molar-refractivity contribution in [2.24, 2.45) is 0 Å². The van der Waals surface area contributed by atoms with Crippen molar-refractivity contribution in [3.8, 4) is 5.75 Å². The minimum Gasteiger partial charge on any atom is -0.508 e. The van der Waals surface area contributed by atoms with E-state index < -0.39 is 0 Å². The Morgan fingerprint density at radius 1 is 1.15 bits per heavy atom. The van der Waals surface area contributed by atoms with Gasteiger partial charge >= 0.3 is 0 Å². The van der Waals surface area contributed by atoms with E-state index in [1.54, 1.807) is 24.3 Å². The lowest BCUT2D eigenvalue weighted by Gasteiger charge is -2.20. The van der Waals surface area contributed by atoms with Crippen LogP contribution in [0.15, 0.2) is 24.3 Å². The topological polar surface area (TPSA) is 78.4 Å². The van der Waals surface area contributed by atoms with Crippen LogP contribution in [0, 0.1) is 0 Å². The summed E-state index contributed by atoms with van der Waals surface area (Å²) < 4.78 is 0. The van der Waals surface area contributed by atoms with E-state index >= 15 is 0 Å². The lowest BCUT2D eigenvalue weighted by atomic mass is 10.1. The molecule has 20 heavy (non-hydrogen) atoms. The van der Waals surface area contributed by atoms with Crippen molar-refractivity contribution in [1.82, 2.24) is 10.6 Å². The Morgan fingerprint density at radius 2 is 1.80 bits per heavy atom. The van der Waals surface area contributed by atoms with Crippen molar-refractivity contribution < 1.29 is 14.7 Å². The first-order valence-electron chi connectivity index (χ1n) is 6.62. The molecule has 1 aromatic rings. The van der Waals surface area contributed by atoms with E-state index in [4.69, 9.17) is 0 Å². The van der Waals surface area contributed by atoms with E-state index in [-0.39, 0.29) is 42.5 Å². The Kier molecular flexibility index (Phi) is 5.55. The Morgan fingerprint density at radius 3 is 2.40 bits per heavy atom. The summed E-state index contributed by atoms with van der Waals surface area (Å²) in [5.74, 6) is -0.205. The summed E-state index contributed by atoms with van der Waals surface area (Å²) in [7, 11) is 0. The first-order chi connectivity index (χ1) is 9.28. The third kappa shape index (κ3) is 6.22. The fraction of sp³-hybridized carbons (Fsp3) is 0.467. The second-order valence-electron chi connectivity index (χ2n) is 5.70. The average Bonchev–Trinajstić information content (AvgIpc) is 2.29. The minimum atomic E-state index is -0.267.